The fraction of sp³-hybridized carbons (Fsp3) is 0.619. The largest absolute Gasteiger partial charge is 0.390 e. The van der Waals surface area contributed by atoms with Gasteiger partial charge in [0, 0.05) is 5.69 Å². The third kappa shape index (κ3) is 3.02. The molecule has 0 saturated heterocycles. The van der Waals surface area contributed by atoms with E-state index in [0.29, 0.717) is 18.3 Å². The smallest absolute Gasteiger partial charge is 0.243 e. The number of amides is 2. The number of hydrogen-bond donors (Lipinski definition) is 3. The molecule has 0 spiro atoms. The zero-order valence-corrected chi connectivity index (χ0v) is 15.6. The number of benzene rings is 1. The number of aliphatic hydroxyl groups is 1. The summed E-state index contributed by atoms with van der Waals surface area (Å²) in [5.41, 5.74) is 1.69. The van der Waals surface area contributed by atoms with Crippen LogP contribution in [0.1, 0.15) is 49.7 Å². The van der Waals surface area contributed by atoms with Gasteiger partial charge in [0.05, 0.1) is 17.6 Å². The van der Waals surface area contributed by atoms with Crippen LogP contribution in [0.5, 0.6) is 0 Å². The third-order valence-corrected chi connectivity index (χ3v) is 6.67. The Morgan fingerprint density at radius 1 is 1.12 bits per heavy atom. The summed E-state index contributed by atoms with van der Waals surface area (Å²) in [6.07, 6.45) is 5.09. The maximum Gasteiger partial charge on any atom is 0.243 e. The molecule has 1 aromatic carbocycles. The lowest BCUT2D eigenvalue weighted by atomic mass is 9.47. The minimum atomic E-state index is -0.665. The highest BCUT2D eigenvalue weighted by molar-refractivity contribution is 5.96. The molecule has 0 radical (unpaired) electrons. The standard InChI is InChI=1S/C21H28N2O3/c1-13-4-3-5-14(2)18(13)23-17(24)11-22-19(25)20-7-15-6-16(8-20)10-21(26,9-15)12-20/h3-5,15-16,26H,6-12H2,1-2H3,(H,22,25)(H,23,24)/t15-,16+,20?,21?. The summed E-state index contributed by atoms with van der Waals surface area (Å²) < 4.78 is 0. The molecule has 5 rings (SSSR count). The number of carbonyl (C=O) groups is 2. The van der Waals surface area contributed by atoms with Gasteiger partial charge in [-0.15, -0.1) is 0 Å². The molecule has 4 atom stereocenters. The van der Waals surface area contributed by atoms with Crippen LogP contribution >= 0.6 is 0 Å². The predicted octanol–water partition coefficient (Wildman–Crippen LogP) is 2.69. The quantitative estimate of drug-likeness (QED) is 0.776. The molecule has 1 aromatic rings. The van der Waals surface area contributed by atoms with Crippen molar-refractivity contribution in [2.24, 2.45) is 17.3 Å². The van der Waals surface area contributed by atoms with Gasteiger partial charge in [-0.2, -0.15) is 0 Å². The van der Waals surface area contributed by atoms with Crippen molar-refractivity contribution in [2.75, 3.05) is 11.9 Å². The van der Waals surface area contributed by atoms with Crippen LogP contribution in [-0.4, -0.2) is 29.1 Å². The Labute approximate surface area is 154 Å². The summed E-state index contributed by atoms with van der Waals surface area (Å²) in [7, 11) is 0. The van der Waals surface area contributed by atoms with Crippen molar-refractivity contribution < 1.29 is 14.7 Å². The second kappa shape index (κ2) is 6.08. The van der Waals surface area contributed by atoms with Crippen molar-refractivity contribution >= 4 is 17.5 Å². The van der Waals surface area contributed by atoms with Crippen LogP contribution in [-0.2, 0) is 9.59 Å². The van der Waals surface area contributed by atoms with E-state index in [-0.39, 0.29) is 18.4 Å². The third-order valence-electron chi connectivity index (χ3n) is 6.67. The van der Waals surface area contributed by atoms with Crippen molar-refractivity contribution in [3.05, 3.63) is 29.3 Å². The number of nitrogens with one attached hydrogen (secondary N) is 2. The summed E-state index contributed by atoms with van der Waals surface area (Å²) in [6, 6.07) is 5.87. The van der Waals surface area contributed by atoms with E-state index in [2.05, 4.69) is 10.6 Å². The monoisotopic (exact) mass is 356 g/mol. The van der Waals surface area contributed by atoms with Crippen molar-refractivity contribution in [1.82, 2.24) is 5.32 Å². The van der Waals surface area contributed by atoms with Crippen LogP contribution in [0.3, 0.4) is 0 Å². The van der Waals surface area contributed by atoms with Crippen LogP contribution in [0.2, 0.25) is 0 Å². The molecule has 2 amide bonds. The molecule has 4 aliphatic rings. The van der Waals surface area contributed by atoms with Gasteiger partial charge in [-0.1, -0.05) is 18.2 Å². The molecule has 26 heavy (non-hydrogen) atoms. The fourth-order valence-corrected chi connectivity index (χ4v) is 6.02. The average Bonchev–Trinajstić information content (AvgIpc) is 2.54. The molecule has 4 bridgehead atoms. The van der Waals surface area contributed by atoms with Gasteiger partial charge in [0.2, 0.25) is 11.8 Å². The molecule has 2 unspecified atom stereocenters. The molecule has 4 aliphatic carbocycles. The topological polar surface area (TPSA) is 78.4 Å². The van der Waals surface area contributed by atoms with Crippen molar-refractivity contribution in [1.29, 1.82) is 0 Å². The zero-order valence-electron chi connectivity index (χ0n) is 15.6. The van der Waals surface area contributed by atoms with Crippen LogP contribution in [0.15, 0.2) is 18.2 Å². The van der Waals surface area contributed by atoms with Gasteiger partial charge in [0.15, 0.2) is 0 Å². The van der Waals surface area contributed by atoms with Crippen molar-refractivity contribution in [3.8, 4) is 0 Å². The molecule has 5 nitrogen and oxygen atoms in total. The van der Waals surface area contributed by atoms with E-state index >= 15 is 0 Å². The summed E-state index contributed by atoms with van der Waals surface area (Å²) in [5, 5.41) is 16.6. The normalized spacial score (nSPS) is 34.6. The van der Waals surface area contributed by atoms with E-state index in [1.807, 2.05) is 32.0 Å². The molecule has 0 aliphatic heterocycles. The Bertz CT molecular complexity index is 723. The Balaban J connectivity index is 1.39. The van der Waals surface area contributed by atoms with Gasteiger partial charge < -0.3 is 15.7 Å². The number of para-hydroxylation sites is 1. The number of carbonyl (C=O) groups excluding carboxylic acids is 2. The Morgan fingerprint density at radius 3 is 2.31 bits per heavy atom. The number of aryl methyl sites for hydroxylation is 2. The molecule has 0 aromatic heterocycles. The van der Waals surface area contributed by atoms with Gasteiger partial charge in [0.25, 0.3) is 0 Å². The van der Waals surface area contributed by atoms with Gasteiger partial charge in [0.1, 0.15) is 0 Å². The maximum absolute atomic E-state index is 12.9. The highest BCUT2D eigenvalue weighted by Crippen LogP contribution is 2.61. The summed E-state index contributed by atoms with van der Waals surface area (Å²) >= 11 is 0. The lowest BCUT2D eigenvalue weighted by molar-refractivity contribution is -0.178. The maximum atomic E-state index is 12.9. The van der Waals surface area contributed by atoms with E-state index in [9.17, 15) is 14.7 Å². The van der Waals surface area contributed by atoms with E-state index < -0.39 is 11.0 Å². The first-order valence-corrected chi connectivity index (χ1v) is 9.65. The second-order valence-corrected chi connectivity index (χ2v) is 8.96. The first-order chi connectivity index (χ1) is 12.3. The van der Waals surface area contributed by atoms with E-state index in [1.54, 1.807) is 0 Å². The van der Waals surface area contributed by atoms with Crippen LogP contribution < -0.4 is 10.6 Å². The number of hydrogen-bond acceptors (Lipinski definition) is 3. The minimum absolute atomic E-state index is 0.0257. The lowest BCUT2D eigenvalue weighted by Crippen LogP contribution is -2.60. The van der Waals surface area contributed by atoms with E-state index in [1.165, 1.54) is 0 Å². The molecule has 5 heteroatoms. The van der Waals surface area contributed by atoms with Gasteiger partial charge in [-0.25, -0.2) is 0 Å². The van der Waals surface area contributed by atoms with Gasteiger partial charge in [-0.05, 0) is 75.3 Å². The van der Waals surface area contributed by atoms with Gasteiger partial charge >= 0.3 is 0 Å². The highest BCUT2D eigenvalue weighted by Gasteiger charge is 2.60. The average molecular weight is 356 g/mol. The molecule has 4 fully saturated rings. The molecular weight excluding hydrogens is 328 g/mol. The Kier molecular flexibility index (Phi) is 4.10. The van der Waals surface area contributed by atoms with E-state index in [0.717, 1.165) is 48.9 Å². The van der Waals surface area contributed by atoms with Crippen LogP contribution in [0, 0.1) is 31.1 Å². The summed E-state index contributed by atoms with van der Waals surface area (Å²) in [6.45, 7) is 3.89. The predicted molar refractivity (Wildman–Crippen MR) is 99.6 cm³/mol. The molecule has 140 valence electrons. The Hall–Kier alpha value is -1.88. The van der Waals surface area contributed by atoms with Gasteiger partial charge in [-0.3, -0.25) is 9.59 Å². The van der Waals surface area contributed by atoms with Crippen LogP contribution in [0.4, 0.5) is 5.69 Å². The minimum Gasteiger partial charge on any atom is -0.390 e. The summed E-state index contributed by atoms with van der Waals surface area (Å²) in [5.74, 6) is 0.645. The first kappa shape index (κ1) is 17.5. The molecule has 4 saturated carbocycles. The highest BCUT2D eigenvalue weighted by atomic mass is 16.3. The second-order valence-electron chi connectivity index (χ2n) is 8.96. The Morgan fingerprint density at radius 2 is 1.73 bits per heavy atom. The van der Waals surface area contributed by atoms with E-state index in [4.69, 9.17) is 0 Å². The molecular formula is C21H28N2O3. The molecule has 0 heterocycles. The fourth-order valence-electron chi connectivity index (χ4n) is 6.02. The number of rotatable bonds is 4. The summed E-state index contributed by atoms with van der Waals surface area (Å²) in [4.78, 5) is 25.3. The zero-order chi connectivity index (χ0) is 18.5. The van der Waals surface area contributed by atoms with Crippen molar-refractivity contribution in [3.63, 3.8) is 0 Å². The number of anilines is 1. The first-order valence-electron chi connectivity index (χ1n) is 9.65. The van der Waals surface area contributed by atoms with Crippen molar-refractivity contribution in [2.45, 2.75) is 58.0 Å². The SMILES string of the molecule is Cc1cccc(C)c1NC(=O)CNC(=O)C12C[C@@H]3C[C@@H](CC(O)(C3)C1)C2. The molecule has 3 N–H and O–H groups in total. The van der Waals surface area contributed by atoms with Crippen LogP contribution in [0.25, 0.3) is 0 Å². The lowest BCUT2D eigenvalue weighted by Gasteiger charge is -2.59.